The summed E-state index contributed by atoms with van der Waals surface area (Å²) in [5, 5.41) is 1.56. The number of methoxy groups -OCH3 is 5. The third kappa shape index (κ3) is 2.85. The summed E-state index contributed by atoms with van der Waals surface area (Å²) >= 11 is 0. The van der Waals surface area contributed by atoms with Crippen LogP contribution in [0.15, 0.2) is 30.3 Å². The van der Waals surface area contributed by atoms with Crippen LogP contribution >= 0.6 is 0 Å². The number of esters is 1. The first kappa shape index (κ1) is 19.7. The van der Waals surface area contributed by atoms with Gasteiger partial charge in [0.1, 0.15) is 17.9 Å². The Morgan fingerprint density at radius 3 is 1.90 bits per heavy atom. The Hall–Kier alpha value is -3.61. The Bertz CT molecular complexity index is 1150. The molecule has 4 rings (SSSR count). The van der Waals surface area contributed by atoms with Gasteiger partial charge in [-0.25, -0.2) is 4.79 Å². The average molecular weight is 410 g/mol. The van der Waals surface area contributed by atoms with E-state index in [1.807, 2.05) is 30.3 Å². The van der Waals surface area contributed by atoms with E-state index in [1.165, 1.54) is 7.11 Å². The zero-order valence-corrected chi connectivity index (χ0v) is 17.5. The zero-order valence-electron chi connectivity index (χ0n) is 17.5. The first-order valence-corrected chi connectivity index (χ1v) is 9.26. The largest absolute Gasteiger partial charge is 0.495 e. The lowest BCUT2D eigenvalue weighted by atomic mass is 9.89. The number of carbonyl (C=O) groups is 1. The number of ether oxygens (including phenoxy) is 6. The number of carbonyl (C=O) groups excluding carboxylic acids is 1. The number of fused-ring (bicyclic) bond motifs is 2. The van der Waals surface area contributed by atoms with Crippen LogP contribution in [0, 0.1) is 0 Å². The molecule has 0 spiro atoms. The van der Waals surface area contributed by atoms with E-state index in [-0.39, 0.29) is 6.61 Å². The second-order valence-corrected chi connectivity index (χ2v) is 6.66. The Morgan fingerprint density at radius 1 is 0.700 bits per heavy atom. The monoisotopic (exact) mass is 410 g/mol. The van der Waals surface area contributed by atoms with E-state index in [4.69, 9.17) is 28.4 Å². The first-order chi connectivity index (χ1) is 14.6. The molecule has 3 aromatic carbocycles. The maximum absolute atomic E-state index is 12.6. The molecule has 3 aromatic rings. The van der Waals surface area contributed by atoms with Crippen molar-refractivity contribution in [1.82, 2.24) is 0 Å². The average Bonchev–Trinajstić information content (AvgIpc) is 3.16. The maximum atomic E-state index is 12.6. The van der Waals surface area contributed by atoms with Crippen molar-refractivity contribution in [3.05, 3.63) is 41.5 Å². The molecule has 30 heavy (non-hydrogen) atoms. The lowest BCUT2D eigenvalue weighted by Crippen LogP contribution is -2.02. The van der Waals surface area contributed by atoms with Crippen LogP contribution < -0.4 is 23.7 Å². The molecule has 0 amide bonds. The number of hydrogen-bond acceptors (Lipinski definition) is 7. The summed E-state index contributed by atoms with van der Waals surface area (Å²) in [5.41, 5.74) is 2.86. The van der Waals surface area contributed by atoms with Crippen LogP contribution in [-0.4, -0.2) is 41.5 Å². The highest BCUT2D eigenvalue weighted by Gasteiger charge is 2.32. The smallest absolute Gasteiger partial charge is 0.342 e. The summed E-state index contributed by atoms with van der Waals surface area (Å²) in [6.45, 7) is 0.151. The Balaban J connectivity index is 2.15. The summed E-state index contributed by atoms with van der Waals surface area (Å²) in [4.78, 5) is 12.6. The van der Waals surface area contributed by atoms with Gasteiger partial charge in [0.15, 0.2) is 23.0 Å². The lowest BCUT2D eigenvalue weighted by Gasteiger charge is -2.18. The van der Waals surface area contributed by atoms with Gasteiger partial charge in [-0.2, -0.15) is 0 Å². The van der Waals surface area contributed by atoms with E-state index in [9.17, 15) is 4.79 Å². The van der Waals surface area contributed by atoms with Crippen LogP contribution in [-0.2, 0) is 11.3 Å². The van der Waals surface area contributed by atoms with E-state index in [0.29, 0.717) is 34.3 Å². The number of benzene rings is 3. The van der Waals surface area contributed by atoms with Crippen LogP contribution in [0.25, 0.3) is 21.9 Å². The molecular formula is C23H22O7. The normalized spacial score (nSPS) is 12.4. The van der Waals surface area contributed by atoms with Crippen molar-refractivity contribution in [3.63, 3.8) is 0 Å². The predicted octanol–water partition coefficient (Wildman–Crippen LogP) is 4.22. The third-order valence-corrected chi connectivity index (χ3v) is 5.30. The standard InChI is InChI=1S/C23H22O7/c1-25-16-7-6-12(8-17(16)26-2)20-13-9-18(27-3)19(28-4)10-14(13)22(29-5)21-15(20)11-30-23(21)24/h6-10H,11H2,1-5H3. The van der Waals surface area contributed by atoms with Crippen molar-refractivity contribution < 1.29 is 33.2 Å². The fourth-order valence-electron chi connectivity index (χ4n) is 3.94. The van der Waals surface area contributed by atoms with Crippen molar-refractivity contribution in [2.45, 2.75) is 6.61 Å². The van der Waals surface area contributed by atoms with Crippen molar-refractivity contribution in [2.75, 3.05) is 35.5 Å². The minimum Gasteiger partial charge on any atom is -0.495 e. The van der Waals surface area contributed by atoms with Gasteiger partial charge in [-0.15, -0.1) is 0 Å². The molecule has 1 aliphatic rings. The van der Waals surface area contributed by atoms with Crippen molar-refractivity contribution in [2.24, 2.45) is 0 Å². The molecule has 0 atom stereocenters. The van der Waals surface area contributed by atoms with Gasteiger partial charge in [0.2, 0.25) is 0 Å². The molecule has 0 aromatic heterocycles. The summed E-state index contributed by atoms with van der Waals surface area (Å²) < 4.78 is 32.9. The van der Waals surface area contributed by atoms with Gasteiger partial charge >= 0.3 is 5.97 Å². The molecule has 0 unspecified atom stereocenters. The van der Waals surface area contributed by atoms with E-state index < -0.39 is 5.97 Å². The van der Waals surface area contributed by atoms with Gasteiger partial charge in [0.05, 0.1) is 35.5 Å². The van der Waals surface area contributed by atoms with Crippen LogP contribution in [0.2, 0.25) is 0 Å². The van der Waals surface area contributed by atoms with Crippen LogP contribution in [0.4, 0.5) is 0 Å². The topological polar surface area (TPSA) is 72.5 Å². The van der Waals surface area contributed by atoms with Gasteiger partial charge in [-0.1, -0.05) is 6.07 Å². The molecule has 7 heteroatoms. The molecule has 7 nitrogen and oxygen atoms in total. The summed E-state index contributed by atoms with van der Waals surface area (Å²) in [5.74, 6) is 2.33. The van der Waals surface area contributed by atoms with Crippen molar-refractivity contribution >= 4 is 16.7 Å². The van der Waals surface area contributed by atoms with Crippen molar-refractivity contribution in [1.29, 1.82) is 0 Å². The predicted molar refractivity (Wildman–Crippen MR) is 111 cm³/mol. The summed E-state index contributed by atoms with van der Waals surface area (Å²) in [7, 11) is 7.85. The van der Waals surface area contributed by atoms with E-state index in [0.717, 1.165) is 27.5 Å². The van der Waals surface area contributed by atoms with Crippen LogP contribution in [0.3, 0.4) is 0 Å². The molecule has 0 saturated carbocycles. The van der Waals surface area contributed by atoms with Gasteiger partial charge in [0.25, 0.3) is 0 Å². The highest BCUT2D eigenvalue weighted by atomic mass is 16.5. The molecule has 0 saturated heterocycles. The molecule has 0 bridgehead atoms. The van der Waals surface area contributed by atoms with E-state index in [1.54, 1.807) is 28.4 Å². The Morgan fingerprint density at radius 2 is 1.30 bits per heavy atom. The minimum absolute atomic E-state index is 0.151. The highest BCUT2D eigenvalue weighted by Crippen LogP contribution is 2.48. The Kier molecular flexibility index (Phi) is 5.03. The zero-order chi connectivity index (χ0) is 21.4. The molecular weight excluding hydrogens is 388 g/mol. The Labute approximate surface area is 174 Å². The maximum Gasteiger partial charge on any atom is 0.342 e. The summed E-state index contributed by atoms with van der Waals surface area (Å²) in [6, 6.07) is 9.31. The molecule has 1 aliphatic heterocycles. The second-order valence-electron chi connectivity index (χ2n) is 6.66. The second kappa shape index (κ2) is 7.67. The molecule has 0 N–H and O–H groups in total. The summed E-state index contributed by atoms with van der Waals surface area (Å²) in [6.07, 6.45) is 0. The number of cyclic esters (lactones) is 1. The molecule has 0 radical (unpaired) electrons. The molecule has 156 valence electrons. The first-order valence-electron chi connectivity index (χ1n) is 9.26. The molecule has 0 aliphatic carbocycles. The lowest BCUT2D eigenvalue weighted by molar-refractivity contribution is 0.0533. The fourth-order valence-corrected chi connectivity index (χ4v) is 3.94. The van der Waals surface area contributed by atoms with Gasteiger partial charge in [-0.05, 0) is 40.8 Å². The van der Waals surface area contributed by atoms with Crippen LogP contribution in [0.5, 0.6) is 28.7 Å². The van der Waals surface area contributed by atoms with Crippen molar-refractivity contribution in [3.8, 4) is 39.9 Å². The van der Waals surface area contributed by atoms with E-state index in [2.05, 4.69) is 0 Å². The SMILES string of the molecule is COc1ccc(-c2c3c(c(OC)c4cc(OC)c(OC)cc24)C(=O)OC3)cc1OC. The fraction of sp³-hybridized carbons (Fsp3) is 0.261. The van der Waals surface area contributed by atoms with Gasteiger partial charge < -0.3 is 28.4 Å². The molecule has 0 fully saturated rings. The molecule has 1 heterocycles. The van der Waals surface area contributed by atoms with E-state index >= 15 is 0 Å². The number of rotatable bonds is 6. The number of hydrogen-bond donors (Lipinski definition) is 0. The third-order valence-electron chi connectivity index (χ3n) is 5.30. The quantitative estimate of drug-likeness (QED) is 0.564. The van der Waals surface area contributed by atoms with Gasteiger partial charge in [-0.3, -0.25) is 0 Å². The minimum atomic E-state index is -0.416. The van der Waals surface area contributed by atoms with Gasteiger partial charge in [0, 0.05) is 10.9 Å². The highest BCUT2D eigenvalue weighted by molar-refractivity contribution is 6.12. The van der Waals surface area contributed by atoms with Crippen LogP contribution in [0.1, 0.15) is 15.9 Å².